The number of aromatic nitrogens is 1. The fraction of sp³-hybridized carbons (Fsp3) is 0.583. The van der Waals surface area contributed by atoms with Crippen LogP contribution >= 0.6 is 11.8 Å². The van der Waals surface area contributed by atoms with Crippen LogP contribution in [0.4, 0.5) is 10.1 Å². The fourth-order valence-corrected chi connectivity index (χ4v) is 6.17. The van der Waals surface area contributed by atoms with E-state index in [1.165, 1.54) is 12.8 Å². The van der Waals surface area contributed by atoms with Crippen molar-refractivity contribution in [2.45, 2.75) is 44.2 Å². The first-order valence-electron chi connectivity index (χ1n) is 12.0. The molecule has 33 heavy (non-hydrogen) atoms. The monoisotopic (exact) mass is 473 g/mol. The summed E-state index contributed by atoms with van der Waals surface area (Å²) < 4.78 is 14.3. The Balaban J connectivity index is 1.21. The summed E-state index contributed by atoms with van der Waals surface area (Å²) in [6.07, 6.45) is 5.73. The topological polar surface area (TPSA) is 84.0 Å². The van der Waals surface area contributed by atoms with Gasteiger partial charge in [-0.1, -0.05) is 12.8 Å². The lowest BCUT2D eigenvalue weighted by atomic mass is 10.2. The lowest BCUT2D eigenvalue weighted by Crippen LogP contribution is -2.49. The number of aliphatic imine (C=N–C) groups is 1. The van der Waals surface area contributed by atoms with Crippen LogP contribution in [0.25, 0.3) is 10.9 Å². The maximum atomic E-state index is 14.3. The van der Waals surface area contributed by atoms with Gasteiger partial charge in [-0.25, -0.2) is 4.39 Å². The van der Waals surface area contributed by atoms with Crippen molar-refractivity contribution < 1.29 is 14.3 Å². The first-order valence-corrected chi connectivity index (χ1v) is 13.0. The molecule has 1 saturated carbocycles. The van der Waals surface area contributed by atoms with Crippen LogP contribution in [0.3, 0.4) is 0 Å². The number of halogens is 1. The predicted octanol–water partition coefficient (Wildman–Crippen LogP) is 3.05. The second-order valence-electron chi connectivity index (χ2n) is 9.29. The standard InChI is InChI=1S/C24H32FN5O2S/c25-17-11-16-12-21(28-23(16)20(13-17)26-18-3-1-2-4-18)24-27-19(15-33-24)5-6-29-7-9-30(10-8-29)22(32)14-31/h11-13,18-19,26,28,31H,1-10,14-15H2/t19-/m1/s1. The van der Waals surface area contributed by atoms with Crippen molar-refractivity contribution in [1.29, 1.82) is 0 Å². The number of aliphatic hydroxyl groups excluding tert-OH is 1. The SMILES string of the molecule is O=C(CO)N1CCN(CC[C@@H]2CSC(c3cc4cc(F)cc(NC5CCCC5)c4[nH]3)=N2)CC1. The number of nitrogens with one attached hydrogen (secondary N) is 2. The molecule has 2 fully saturated rings. The lowest BCUT2D eigenvalue weighted by molar-refractivity contribution is -0.135. The summed E-state index contributed by atoms with van der Waals surface area (Å²) in [6, 6.07) is 5.90. The summed E-state index contributed by atoms with van der Waals surface area (Å²) in [5.74, 6) is 0.555. The number of hydrogen-bond donors (Lipinski definition) is 3. The van der Waals surface area contributed by atoms with Crippen LogP contribution in [-0.2, 0) is 4.79 Å². The van der Waals surface area contributed by atoms with Gasteiger partial charge < -0.3 is 20.3 Å². The summed E-state index contributed by atoms with van der Waals surface area (Å²) in [4.78, 5) is 24.2. The molecule has 1 saturated heterocycles. The molecule has 0 spiro atoms. The number of fused-ring (bicyclic) bond motifs is 1. The van der Waals surface area contributed by atoms with Crippen molar-refractivity contribution in [3.05, 3.63) is 29.7 Å². The van der Waals surface area contributed by atoms with Gasteiger partial charge in [0.2, 0.25) is 5.91 Å². The summed E-state index contributed by atoms with van der Waals surface area (Å²) in [7, 11) is 0. The first-order chi connectivity index (χ1) is 16.1. The Bertz CT molecular complexity index is 1030. The third-order valence-corrected chi connectivity index (χ3v) is 8.14. The summed E-state index contributed by atoms with van der Waals surface area (Å²) in [6.45, 7) is 3.58. The van der Waals surface area contributed by atoms with E-state index >= 15 is 0 Å². The Hall–Kier alpha value is -2.10. The first kappa shape index (κ1) is 22.7. The normalized spacial score (nSPS) is 22.3. The van der Waals surface area contributed by atoms with Gasteiger partial charge in [0, 0.05) is 49.9 Å². The van der Waals surface area contributed by atoms with Gasteiger partial charge in [-0.3, -0.25) is 14.7 Å². The highest BCUT2D eigenvalue weighted by molar-refractivity contribution is 8.14. The predicted molar refractivity (Wildman–Crippen MR) is 132 cm³/mol. The highest BCUT2D eigenvalue weighted by Gasteiger charge is 2.25. The summed E-state index contributed by atoms with van der Waals surface area (Å²) >= 11 is 1.76. The van der Waals surface area contributed by atoms with Crippen molar-refractivity contribution in [3.8, 4) is 0 Å². The molecule has 5 rings (SSSR count). The molecule has 1 atom stereocenters. The zero-order valence-electron chi connectivity index (χ0n) is 18.9. The maximum absolute atomic E-state index is 14.3. The van der Waals surface area contributed by atoms with E-state index in [1.807, 2.05) is 6.07 Å². The number of aromatic amines is 1. The molecule has 3 N–H and O–H groups in total. The molecule has 178 valence electrons. The Morgan fingerprint density at radius 2 is 2.00 bits per heavy atom. The number of rotatable bonds is 7. The number of H-pyrrole nitrogens is 1. The molecule has 7 nitrogen and oxygen atoms in total. The molecule has 0 unspecified atom stereocenters. The number of anilines is 1. The zero-order chi connectivity index (χ0) is 22.8. The molecule has 1 aromatic heterocycles. The number of aliphatic hydroxyl groups is 1. The van der Waals surface area contributed by atoms with E-state index in [1.54, 1.807) is 28.8 Å². The van der Waals surface area contributed by atoms with Crippen LogP contribution in [0.5, 0.6) is 0 Å². The quantitative estimate of drug-likeness (QED) is 0.576. The van der Waals surface area contributed by atoms with Crippen LogP contribution in [0.2, 0.25) is 0 Å². The number of thioether (sulfide) groups is 1. The number of nitrogens with zero attached hydrogens (tertiary/aromatic N) is 3. The Labute approximate surface area is 197 Å². The molecule has 9 heteroatoms. The van der Waals surface area contributed by atoms with Gasteiger partial charge in [-0.05, 0) is 37.5 Å². The fourth-order valence-electron chi connectivity index (χ4n) is 5.09. The second kappa shape index (κ2) is 10.0. The number of piperazine rings is 1. The molecule has 2 aliphatic heterocycles. The van der Waals surface area contributed by atoms with Gasteiger partial charge in [0.15, 0.2) is 0 Å². The summed E-state index contributed by atoms with van der Waals surface area (Å²) in [5, 5.41) is 14.4. The third kappa shape index (κ3) is 5.20. The van der Waals surface area contributed by atoms with Crippen LogP contribution in [0, 0.1) is 5.82 Å². The molecule has 2 aromatic rings. The van der Waals surface area contributed by atoms with E-state index in [4.69, 9.17) is 10.1 Å². The van der Waals surface area contributed by atoms with Gasteiger partial charge in [0.25, 0.3) is 0 Å². The largest absolute Gasteiger partial charge is 0.387 e. The average molecular weight is 474 g/mol. The molecule has 0 radical (unpaired) electrons. The van der Waals surface area contributed by atoms with Crippen LogP contribution in [0.15, 0.2) is 23.2 Å². The van der Waals surface area contributed by atoms with E-state index in [2.05, 4.69) is 15.2 Å². The van der Waals surface area contributed by atoms with Gasteiger partial charge >= 0.3 is 0 Å². The molecular formula is C24H32FN5O2S. The Morgan fingerprint density at radius 1 is 1.21 bits per heavy atom. The van der Waals surface area contributed by atoms with Crippen LogP contribution in [-0.4, -0.2) is 88.0 Å². The van der Waals surface area contributed by atoms with Crippen molar-refractivity contribution in [2.24, 2.45) is 4.99 Å². The molecule has 3 heterocycles. The molecule has 0 bridgehead atoms. The van der Waals surface area contributed by atoms with Crippen molar-refractivity contribution >= 4 is 39.3 Å². The van der Waals surface area contributed by atoms with E-state index in [-0.39, 0.29) is 17.8 Å². The Morgan fingerprint density at radius 3 is 2.76 bits per heavy atom. The average Bonchev–Trinajstić information content (AvgIpc) is 3.58. The maximum Gasteiger partial charge on any atom is 0.248 e. The number of carbonyl (C=O) groups excluding carboxylic acids is 1. The highest BCUT2D eigenvalue weighted by atomic mass is 32.2. The number of benzene rings is 1. The van der Waals surface area contributed by atoms with E-state index in [0.717, 1.165) is 72.0 Å². The number of carbonyl (C=O) groups is 1. The van der Waals surface area contributed by atoms with E-state index in [9.17, 15) is 9.18 Å². The minimum absolute atomic E-state index is 0.184. The number of hydrogen-bond acceptors (Lipinski definition) is 6. The van der Waals surface area contributed by atoms with Crippen molar-refractivity contribution in [3.63, 3.8) is 0 Å². The lowest BCUT2D eigenvalue weighted by Gasteiger charge is -2.34. The second-order valence-corrected chi connectivity index (χ2v) is 10.3. The van der Waals surface area contributed by atoms with Crippen LogP contribution in [0.1, 0.15) is 37.8 Å². The Kier molecular flexibility index (Phi) is 6.89. The summed E-state index contributed by atoms with van der Waals surface area (Å²) in [5.41, 5.74) is 2.77. The van der Waals surface area contributed by atoms with E-state index < -0.39 is 6.61 Å². The van der Waals surface area contributed by atoms with Gasteiger partial charge in [0.1, 0.15) is 17.5 Å². The van der Waals surface area contributed by atoms with Gasteiger partial charge in [-0.15, -0.1) is 11.8 Å². The zero-order valence-corrected chi connectivity index (χ0v) is 19.7. The number of amides is 1. The van der Waals surface area contributed by atoms with Crippen molar-refractivity contribution in [1.82, 2.24) is 14.8 Å². The smallest absolute Gasteiger partial charge is 0.248 e. The highest BCUT2D eigenvalue weighted by Crippen LogP contribution is 2.32. The van der Waals surface area contributed by atoms with E-state index in [0.29, 0.717) is 19.1 Å². The van der Waals surface area contributed by atoms with Crippen LogP contribution < -0.4 is 5.32 Å². The minimum atomic E-state index is -0.407. The molecule has 3 aliphatic rings. The van der Waals surface area contributed by atoms with Gasteiger partial charge in [0.05, 0.1) is 22.9 Å². The molecule has 1 aromatic carbocycles. The third-order valence-electron chi connectivity index (χ3n) is 6.99. The van der Waals surface area contributed by atoms with Gasteiger partial charge in [-0.2, -0.15) is 0 Å². The molecular weight excluding hydrogens is 441 g/mol. The minimum Gasteiger partial charge on any atom is -0.387 e. The molecule has 1 aliphatic carbocycles. The molecule has 1 amide bonds. The van der Waals surface area contributed by atoms with Crippen molar-refractivity contribution in [2.75, 3.05) is 50.4 Å².